The summed E-state index contributed by atoms with van der Waals surface area (Å²) < 4.78 is 1.60. The molecule has 0 atom stereocenters. The first-order chi connectivity index (χ1) is 11.7. The lowest BCUT2D eigenvalue weighted by Gasteiger charge is -2.35. The van der Waals surface area contributed by atoms with Crippen LogP contribution in [-0.2, 0) is 13.6 Å². The van der Waals surface area contributed by atoms with Gasteiger partial charge in [0.25, 0.3) is 5.56 Å². The molecule has 0 aromatic carbocycles. The second-order valence-corrected chi connectivity index (χ2v) is 6.84. The van der Waals surface area contributed by atoms with Crippen LogP contribution in [0, 0.1) is 0 Å². The molecule has 1 saturated carbocycles. The van der Waals surface area contributed by atoms with Gasteiger partial charge in [-0.2, -0.15) is 5.10 Å². The van der Waals surface area contributed by atoms with Crippen molar-refractivity contribution in [1.82, 2.24) is 19.7 Å². The zero-order valence-electron chi connectivity index (χ0n) is 14.1. The average molecular weight is 325 g/mol. The molecule has 0 bridgehead atoms. The summed E-state index contributed by atoms with van der Waals surface area (Å²) in [6, 6.07) is 7.99. The molecule has 4 rings (SSSR count). The van der Waals surface area contributed by atoms with Gasteiger partial charge < -0.3 is 9.47 Å². The maximum Gasteiger partial charge on any atom is 0.250 e. The van der Waals surface area contributed by atoms with Crippen LogP contribution in [0.15, 0.2) is 35.3 Å². The van der Waals surface area contributed by atoms with Crippen molar-refractivity contribution in [3.8, 4) is 0 Å². The molecule has 0 N–H and O–H groups in total. The Bertz CT molecular complexity index is 758. The van der Waals surface area contributed by atoms with E-state index in [-0.39, 0.29) is 5.56 Å². The van der Waals surface area contributed by atoms with Crippen molar-refractivity contribution < 1.29 is 0 Å². The van der Waals surface area contributed by atoms with Crippen LogP contribution in [0.4, 0.5) is 5.82 Å². The molecule has 2 aromatic rings. The van der Waals surface area contributed by atoms with Crippen LogP contribution in [0.1, 0.15) is 30.0 Å². The third-order valence-corrected chi connectivity index (χ3v) is 4.94. The first-order valence-corrected chi connectivity index (χ1v) is 8.65. The second kappa shape index (κ2) is 6.36. The Morgan fingerprint density at radius 1 is 1.08 bits per heavy atom. The molecule has 2 aromatic heterocycles. The molecule has 126 valence electrons. The van der Waals surface area contributed by atoms with E-state index in [1.165, 1.54) is 12.8 Å². The Morgan fingerprint density at radius 2 is 1.88 bits per heavy atom. The van der Waals surface area contributed by atoms with Gasteiger partial charge >= 0.3 is 0 Å². The molecule has 0 amide bonds. The van der Waals surface area contributed by atoms with E-state index in [0.717, 1.165) is 49.8 Å². The van der Waals surface area contributed by atoms with Gasteiger partial charge in [-0.25, -0.2) is 0 Å². The lowest BCUT2D eigenvalue weighted by molar-refractivity contribution is 0.249. The summed E-state index contributed by atoms with van der Waals surface area (Å²) in [5.74, 6) is 1.63. The smallest absolute Gasteiger partial charge is 0.250 e. The Kier molecular flexibility index (Phi) is 4.06. The van der Waals surface area contributed by atoms with Gasteiger partial charge in [0, 0.05) is 58.0 Å². The fraction of sp³-hybridized carbons (Fsp3) is 0.500. The molecular weight excluding hydrogens is 302 g/mol. The number of aryl methyl sites for hydroxylation is 1. The van der Waals surface area contributed by atoms with Gasteiger partial charge in [0.15, 0.2) is 5.82 Å². The van der Waals surface area contributed by atoms with Crippen molar-refractivity contribution in [1.29, 1.82) is 0 Å². The lowest BCUT2D eigenvalue weighted by atomic mass is 10.2. The quantitative estimate of drug-likeness (QED) is 0.850. The number of aromatic nitrogens is 3. The van der Waals surface area contributed by atoms with Crippen LogP contribution < -0.4 is 10.5 Å². The first-order valence-electron chi connectivity index (χ1n) is 8.65. The molecule has 1 aliphatic heterocycles. The minimum Gasteiger partial charge on any atom is -0.353 e. The van der Waals surface area contributed by atoms with Crippen LogP contribution in [0.3, 0.4) is 0 Å². The maximum absolute atomic E-state index is 11.7. The molecular formula is C18H23N5O. The molecule has 1 aliphatic carbocycles. The van der Waals surface area contributed by atoms with E-state index in [2.05, 4.69) is 32.1 Å². The minimum absolute atomic E-state index is 0.0529. The SMILES string of the molecule is Cn1ccc(CN2CCN(c3ccc(C4CC4)nn3)CC2)cc1=O. The van der Waals surface area contributed by atoms with E-state index >= 15 is 0 Å². The number of anilines is 1. The number of nitrogens with zero attached hydrogens (tertiary/aromatic N) is 5. The highest BCUT2D eigenvalue weighted by Crippen LogP contribution is 2.38. The molecule has 0 spiro atoms. The highest BCUT2D eigenvalue weighted by molar-refractivity contribution is 5.38. The Hall–Kier alpha value is -2.21. The average Bonchev–Trinajstić information content (AvgIpc) is 3.44. The maximum atomic E-state index is 11.7. The van der Waals surface area contributed by atoms with Crippen LogP contribution in [0.2, 0.25) is 0 Å². The number of hydrogen-bond acceptors (Lipinski definition) is 5. The standard InChI is InChI=1S/C18H23N5O/c1-21-7-6-14(12-18(21)24)13-22-8-10-23(11-9-22)17-5-4-16(19-20-17)15-2-3-15/h4-7,12,15H,2-3,8-11,13H2,1H3. The van der Waals surface area contributed by atoms with E-state index < -0.39 is 0 Å². The predicted molar refractivity (Wildman–Crippen MR) is 93.2 cm³/mol. The highest BCUT2D eigenvalue weighted by Gasteiger charge is 2.26. The second-order valence-electron chi connectivity index (χ2n) is 6.84. The van der Waals surface area contributed by atoms with Gasteiger partial charge in [-0.15, -0.1) is 5.10 Å². The molecule has 2 fully saturated rings. The summed E-state index contributed by atoms with van der Waals surface area (Å²) in [6.45, 7) is 4.67. The molecule has 6 nitrogen and oxygen atoms in total. The Morgan fingerprint density at radius 3 is 2.50 bits per heavy atom. The van der Waals surface area contributed by atoms with Crippen molar-refractivity contribution in [2.24, 2.45) is 7.05 Å². The molecule has 2 aliphatic rings. The molecule has 1 saturated heterocycles. The molecule has 6 heteroatoms. The highest BCUT2D eigenvalue weighted by atomic mass is 16.1. The normalized spacial score (nSPS) is 18.8. The third-order valence-electron chi connectivity index (χ3n) is 4.94. The van der Waals surface area contributed by atoms with Gasteiger partial charge in [0.1, 0.15) is 0 Å². The van der Waals surface area contributed by atoms with Crippen molar-refractivity contribution >= 4 is 5.82 Å². The van der Waals surface area contributed by atoms with E-state index in [1.54, 1.807) is 17.7 Å². The van der Waals surface area contributed by atoms with Gasteiger partial charge in [0.2, 0.25) is 0 Å². The van der Waals surface area contributed by atoms with Gasteiger partial charge in [-0.1, -0.05) is 0 Å². The minimum atomic E-state index is 0.0529. The van der Waals surface area contributed by atoms with E-state index in [0.29, 0.717) is 5.92 Å². The van der Waals surface area contributed by atoms with E-state index in [9.17, 15) is 4.79 Å². The van der Waals surface area contributed by atoms with Crippen molar-refractivity contribution in [3.63, 3.8) is 0 Å². The van der Waals surface area contributed by atoms with Crippen LogP contribution in [0.25, 0.3) is 0 Å². The Labute approximate surface area is 141 Å². The molecule has 24 heavy (non-hydrogen) atoms. The first kappa shape index (κ1) is 15.3. The van der Waals surface area contributed by atoms with Crippen molar-refractivity contribution in [2.75, 3.05) is 31.1 Å². The van der Waals surface area contributed by atoms with Gasteiger partial charge in [-0.05, 0) is 36.6 Å². The van der Waals surface area contributed by atoms with Crippen LogP contribution in [-0.4, -0.2) is 45.8 Å². The molecule has 0 unspecified atom stereocenters. The predicted octanol–water partition coefficient (Wildman–Crippen LogP) is 1.37. The molecule has 3 heterocycles. The number of piperazine rings is 1. The zero-order valence-corrected chi connectivity index (χ0v) is 14.1. The zero-order chi connectivity index (χ0) is 16.5. The number of pyridine rings is 1. The largest absolute Gasteiger partial charge is 0.353 e. The third kappa shape index (κ3) is 3.33. The lowest BCUT2D eigenvalue weighted by Crippen LogP contribution is -2.46. The summed E-state index contributed by atoms with van der Waals surface area (Å²) in [6.07, 6.45) is 4.36. The van der Waals surface area contributed by atoms with Crippen molar-refractivity contribution in [2.45, 2.75) is 25.3 Å². The Balaban J connectivity index is 1.34. The van der Waals surface area contributed by atoms with Crippen molar-refractivity contribution in [3.05, 3.63) is 52.1 Å². The fourth-order valence-corrected chi connectivity index (χ4v) is 3.18. The van der Waals surface area contributed by atoms with Crippen LogP contribution >= 0.6 is 0 Å². The van der Waals surface area contributed by atoms with Gasteiger partial charge in [-0.3, -0.25) is 9.69 Å². The molecule has 0 radical (unpaired) electrons. The van der Waals surface area contributed by atoms with Gasteiger partial charge in [0.05, 0.1) is 5.69 Å². The fourth-order valence-electron chi connectivity index (χ4n) is 3.18. The summed E-state index contributed by atoms with van der Waals surface area (Å²) in [5, 5.41) is 8.79. The monoisotopic (exact) mass is 325 g/mol. The number of rotatable bonds is 4. The summed E-state index contributed by atoms with van der Waals surface area (Å²) in [4.78, 5) is 16.4. The van der Waals surface area contributed by atoms with E-state index in [4.69, 9.17) is 0 Å². The summed E-state index contributed by atoms with van der Waals surface area (Å²) in [7, 11) is 1.78. The summed E-state index contributed by atoms with van der Waals surface area (Å²) >= 11 is 0. The van der Waals surface area contributed by atoms with E-state index in [1.807, 2.05) is 12.3 Å². The summed E-state index contributed by atoms with van der Waals surface area (Å²) in [5.41, 5.74) is 2.28. The topological polar surface area (TPSA) is 54.3 Å². The number of hydrogen-bond donors (Lipinski definition) is 0. The van der Waals surface area contributed by atoms with Crippen LogP contribution in [0.5, 0.6) is 0 Å².